The summed E-state index contributed by atoms with van der Waals surface area (Å²) in [5.41, 5.74) is 1.77. The number of methoxy groups -OCH3 is 1. The van der Waals surface area contributed by atoms with Gasteiger partial charge in [-0.25, -0.2) is 8.78 Å². The minimum atomic E-state index is -0.827. The monoisotopic (exact) mass is 355 g/mol. The Kier molecular flexibility index (Phi) is 5.31. The van der Waals surface area contributed by atoms with E-state index in [9.17, 15) is 8.78 Å². The van der Waals surface area contributed by atoms with E-state index < -0.39 is 11.6 Å². The number of halogens is 3. The van der Waals surface area contributed by atoms with E-state index in [4.69, 9.17) is 4.74 Å². The van der Waals surface area contributed by atoms with E-state index in [1.807, 2.05) is 25.2 Å². The average Bonchev–Trinajstić information content (AvgIpc) is 2.48. The number of hydrogen-bond acceptors (Lipinski definition) is 2. The van der Waals surface area contributed by atoms with E-state index in [-0.39, 0.29) is 6.04 Å². The standard InChI is InChI=1S/C16H16BrF2NO/c1-20-15(8-10-3-5-13(18)14(19)7-10)11-4-6-16(21-2)12(17)9-11/h3-7,9,15,20H,8H2,1-2H3. The Morgan fingerprint density at radius 3 is 2.48 bits per heavy atom. The highest BCUT2D eigenvalue weighted by Gasteiger charge is 2.13. The van der Waals surface area contributed by atoms with Crippen molar-refractivity contribution in [2.24, 2.45) is 0 Å². The van der Waals surface area contributed by atoms with Crippen LogP contribution in [0, 0.1) is 11.6 Å². The van der Waals surface area contributed by atoms with Gasteiger partial charge in [0.15, 0.2) is 11.6 Å². The maximum Gasteiger partial charge on any atom is 0.159 e. The number of benzene rings is 2. The zero-order valence-electron chi connectivity index (χ0n) is 11.8. The summed E-state index contributed by atoms with van der Waals surface area (Å²) in [6, 6.07) is 9.76. The molecule has 0 aromatic heterocycles. The SMILES string of the molecule is CNC(Cc1ccc(F)c(F)c1)c1ccc(OC)c(Br)c1. The molecule has 0 aliphatic heterocycles. The predicted octanol–water partition coefficient (Wildman–Crippen LogP) is 4.24. The lowest BCUT2D eigenvalue weighted by molar-refractivity contribution is 0.411. The Morgan fingerprint density at radius 2 is 1.90 bits per heavy atom. The highest BCUT2D eigenvalue weighted by atomic mass is 79.9. The van der Waals surface area contributed by atoms with Crippen LogP contribution in [0.5, 0.6) is 5.75 Å². The van der Waals surface area contributed by atoms with Crippen molar-refractivity contribution in [2.75, 3.05) is 14.2 Å². The smallest absolute Gasteiger partial charge is 0.159 e. The van der Waals surface area contributed by atoms with Crippen LogP contribution in [-0.4, -0.2) is 14.2 Å². The first-order valence-corrected chi connectivity index (χ1v) is 7.29. The van der Waals surface area contributed by atoms with E-state index in [1.54, 1.807) is 13.2 Å². The van der Waals surface area contributed by atoms with Crippen molar-refractivity contribution in [1.29, 1.82) is 0 Å². The first kappa shape index (κ1) is 15.9. The van der Waals surface area contributed by atoms with Crippen molar-refractivity contribution in [3.05, 3.63) is 63.6 Å². The van der Waals surface area contributed by atoms with Gasteiger partial charge in [-0.3, -0.25) is 0 Å². The van der Waals surface area contributed by atoms with Crippen LogP contribution in [0.25, 0.3) is 0 Å². The van der Waals surface area contributed by atoms with Gasteiger partial charge < -0.3 is 10.1 Å². The van der Waals surface area contributed by atoms with Crippen LogP contribution in [0.15, 0.2) is 40.9 Å². The molecule has 0 amide bonds. The molecule has 0 saturated heterocycles. The van der Waals surface area contributed by atoms with E-state index in [2.05, 4.69) is 21.2 Å². The largest absolute Gasteiger partial charge is 0.496 e. The molecule has 2 nitrogen and oxygen atoms in total. The Hall–Kier alpha value is -1.46. The minimum Gasteiger partial charge on any atom is -0.496 e. The summed E-state index contributed by atoms with van der Waals surface area (Å²) in [4.78, 5) is 0. The summed E-state index contributed by atoms with van der Waals surface area (Å²) >= 11 is 3.45. The van der Waals surface area contributed by atoms with Crippen LogP contribution < -0.4 is 10.1 Å². The van der Waals surface area contributed by atoms with E-state index in [1.165, 1.54) is 6.07 Å². The molecule has 0 saturated carbocycles. The third-order valence-electron chi connectivity index (χ3n) is 3.35. The topological polar surface area (TPSA) is 21.3 Å². The van der Waals surface area contributed by atoms with Crippen LogP contribution in [0.2, 0.25) is 0 Å². The molecule has 1 atom stereocenters. The normalized spacial score (nSPS) is 12.2. The fourth-order valence-corrected chi connectivity index (χ4v) is 2.75. The summed E-state index contributed by atoms with van der Waals surface area (Å²) in [7, 11) is 3.44. The Labute approximate surface area is 131 Å². The zero-order valence-corrected chi connectivity index (χ0v) is 13.4. The molecule has 21 heavy (non-hydrogen) atoms. The molecule has 2 aromatic carbocycles. The second-order valence-electron chi connectivity index (χ2n) is 4.69. The molecule has 5 heteroatoms. The molecule has 0 heterocycles. The molecule has 0 spiro atoms. The van der Waals surface area contributed by atoms with Gasteiger partial charge in [0, 0.05) is 6.04 Å². The molecule has 112 valence electrons. The van der Waals surface area contributed by atoms with Gasteiger partial charge in [0.05, 0.1) is 11.6 Å². The van der Waals surface area contributed by atoms with Crippen molar-refractivity contribution in [3.63, 3.8) is 0 Å². The number of hydrogen-bond donors (Lipinski definition) is 1. The first-order chi connectivity index (χ1) is 10.0. The molecular formula is C16H16BrF2NO. The van der Waals surface area contributed by atoms with Gasteiger partial charge in [0.1, 0.15) is 5.75 Å². The number of rotatable bonds is 5. The number of ether oxygens (including phenoxy) is 1. The zero-order chi connectivity index (χ0) is 15.4. The molecule has 0 aliphatic rings. The van der Waals surface area contributed by atoms with Crippen LogP contribution in [0.4, 0.5) is 8.78 Å². The van der Waals surface area contributed by atoms with Gasteiger partial charge in [-0.05, 0) is 64.8 Å². The molecule has 1 unspecified atom stereocenters. The van der Waals surface area contributed by atoms with Crippen LogP contribution in [0.1, 0.15) is 17.2 Å². The highest BCUT2D eigenvalue weighted by Crippen LogP contribution is 2.29. The first-order valence-electron chi connectivity index (χ1n) is 6.49. The van der Waals surface area contributed by atoms with Gasteiger partial charge in [0.25, 0.3) is 0 Å². The van der Waals surface area contributed by atoms with Crippen LogP contribution >= 0.6 is 15.9 Å². The van der Waals surface area contributed by atoms with Crippen molar-refractivity contribution in [1.82, 2.24) is 5.32 Å². The molecule has 1 N–H and O–H groups in total. The fourth-order valence-electron chi connectivity index (χ4n) is 2.19. The van der Waals surface area contributed by atoms with E-state index in [0.717, 1.165) is 27.4 Å². The molecule has 0 fully saturated rings. The summed E-state index contributed by atoms with van der Waals surface area (Å²) in [6.45, 7) is 0. The number of likely N-dealkylation sites (N-methyl/N-ethyl adjacent to an activating group) is 1. The van der Waals surface area contributed by atoms with Crippen molar-refractivity contribution in [2.45, 2.75) is 12.5 Å². The van der Waals surface area contributed by atoms with Crippen LogP contribution in [-0.2, 0) is 6.42 Å². The maximum atomic E-state index is 13.3. The highest BCUT2D eigenvalue weighted by molar-refractivity contribution is 9.10. The van der Waals surface area contributed by atoms with Gasteiger partial charge in [-0.15, -0.1) is 0 Å². The Bertz CT molecular complexity index is 634. The minimum absolute atomic E-state index is 0.00272. The van der Waals surface area contributed by atoms with Crippen molar-refractivity contribution < 1.29 is 13.5 Å². The summed E-state index contributed by atoms with van der Waals surface area (Å²) in [6.07, 6.45) is 0.562. The molecule has 0 aliphatic carbocycles. The van der Waals surface area contributed by atoms with Gasteiger partial charge >= 0.3 is 0 Å². The lowest BCUT2D eigenvalue weighted by Gasteiger charge is -2.18. The average molecular weight is 356 g/mol. The quantitative estimate of drug-likeness (QED) is 0.865. The summed E-state index contributed by atoms with van der Waals surface area (Å²) in [5, 5.41) is 3.19. The van der Waals surface area contributed by atoms with E-state index >= 15 is 0 Å². The third-order valence-corrected chi connectivity index (χ3v) is 3.97. The van der Waals surface area contributed by atoms with Crippen molar-refractivity contribution in [3.8, 4) is 5.75 Å². The van der Waals surface area contributed by atoms with Crippen LogP contribution in [0.3, 0.4) is 0 Å². The molecule has 2 rings (SSSR count). The van der Waals surface area contributed by atoms with E-state index in [0.29, 0.717) is 6.42 Å². The maximum absolute atomic E-state index is 13.3. The summed E-state index contributed by atoms with van der Waals surface area (Å²) < 4.78 is 32.3. The molecule has 2 aromatic rings. The van der Waals surface area contributed by atoms with Gasteiger partial charge in [-0.1, -0.05) is 12.1 Å². The second kappa shape index (κ2) is 7.00. The Morgan fingerprint density at radius 1 is 1.14 bits per heavy atom. The predicted molar refractivity (Wildman–Crippen MR) is 82.6 cm³/mol. The lowest BCUT2D eigenvalue weighted by atomic mass is 9.99. The lowest BCUT2D eigenvalue weighted by Crippen LogP contribution is -2.19. The number of nitrogens with one attached hydrogen (secondary N) is 1. The Balaban J connectivity index is 2.23. The third kappa shape index (κ3) is 3.80. The van der Waals surface area contributed by atoms with Crippen molar-refractivity contribution >= 4 is 15.9 Å². The van der Waals surface area contributed by atoms with Gasteiger partial charge in [0.2, 0.25) is 0 Å². The molecule has 0 radical (unpaired) electrons. The fraction of sp³-hybridized carbons (Fsp3) is 0.250. The summed E-state index contributed by atoms with van der Waals surface area (Å²) in [5.74, 6) is -0.897. The molecule has 0 bridgehead atoms. The second-order valence-corrected chi connectivity index (χ2v) is 5.54. The van der Waals surface area contributed by atoms with Gasteiger partial charge in [-0.2, -0.15) is 0 Å². The molecular weight excluding hydrogens is 340 g/mol.